The lowest BCUT2D eigenvalue weighted by atomic mass is 10.0. The first-order valence-corrected chi connectivity index (χ1v) is 5.75. The summed E-state index contributed by atoms with van der Waals surface area (Å²) in [6.07, 6.45) is 7.81. The molecule has 3 aromatic rings. The number of pyridine rings is 1. The van der Waals surface area contributed by atoms with Crippen LogP contribution in [0.5, 0.6) is 0 Å². The van der Waals surface area contributed by atoms with Gasteiger partial charge in [-0.25, -0.2) is 4.98 Å². The van der Waals surface area contributed by atoms with Crippen LogP contribution in [0.3, 0.4) is 0 Å². The molecule has 4 heteroatoms. The molecule has 0 aliphatic carbocycles. The van der Waals surface area contributed by atoms with Gasteiger partial charge in [0, 0.05) is 41.6 Å². The molecule has 0 saturated heterocycles. The number of fused-ring (bicyclic) bond motifs is 1. The van der Waals surface area contributed by atoms with Crippen LogP contribution in [0.2, 0.25) is 0 Å². The highest BCUT2D eigenvalue weighted by Gasteiger charge is 2.10. The highest BCUT2D eigenvalue weighted by molar-refractivity contribution is 5.94. The molecule has 3 rings (SSSR count). The maximum Gasteiger partial charge on any atom is 0.137 e. The van der Waals surface area contributed by atoms with Gasteiger partial charge in [0.2, 0.25) is 0 Å². The molecule has 0 atom stereocenters. The Morgan fingerprint density at radius 3 is 3.00 bits per heavy atom. The van der Waals surface area contributed by atoms with E-state index in [1.54, 1.807) is 0 Å². The van der Waals surface area contributed by atoms with Gasteiger partial charge in [-0.15, -0.1) is 0 Å². The molecule has 3 aromatic heterocycles. The average Bonchev–Trinajstić information content (AvgIpc) is 2.96. The molecule has 0 fully saturated rings. The van der Waals surface area contributed by atoms with Crippen LogP contribution in [0.4, 0.5) is 0 Å². The van der Waals surface area contributed by atoms with Gasteiger partial charge in [0.25, 0.3) is 0 Å². The number of aryl methyl sites for hydroxylation is 2. The van der Waals surface area contributed by atoms with Crippen molar-refractivity contribution < 1.29 is 0 Å². The Hall–Kier alpha value is -2.10. The largest absolute Gasteiger partial charge is 0.346 e. The summed E-state index contributed by atoms with van der Waals surface area (Å²) in [7, 11) is 0. The van der Waals surface area contributed by atoms with Crippen molar-refractivity contribution in [2.75, 3.05) is 0 Å². The van der Waals surface area contributed by atoms with Crippen molar-refractivity contribution in [3.63, 3.8) is 0 Å². The zero-order chi connectivity index (χ0) is 11.8. The van der Waals surface area contributed by atoms with Gasteiger partial charge in [-0.05, 0) is 25.5 Å². The standard InChI is InChI=1S/C13H14N4/c1-3-17-8-10(7-16-17)12-9(2)6-15-13-11(12)4-5-14-13/h4-8H,3H2,1-2H3,(H,14,15). The first kappa shape index (κ1) is 10.1. The molecule has 0 saturated carbocycles. The summed E-state index contributed by atoms with van der Waals surface area (Å²) in [5, 5.41) is 5.48. The van der Waals surface area contributed by atoms with Crippen molar-refractivity contribution in [1.82, 2.24) is 19.7 Å². The molecule has 0 amide bonds. The summed E-state index contributed by atoms with van der Waals surface area (Å²) in [5.41, 5.74) is 4.47. The van der Waals surface area contributed by atoms with E-state index in [2.05, 4.69) is 41.2 Å². The Bertz CT molecular complexity index is 663. The van der Waals surface area contributed by atoms with E-state index in [4.69, 9.17) is 0 Å². The van der Waals surface area contributed by atoms with Crippen LogP contribution in [0.1, 0.15) is 12.5 Å². The number of aromatic nitrogens is 4. The molecular formula is C13H14N4. The number of aromatic amines is 1. The summed E-state index contributed by atoms with van der Waals surface area (Å²) in [6, 6.07) is 2.06. The van der Waals surface area contributed by atoms with Gasteiger partial charge in [0.1, 0.15) is 5.65 Å². The summed E-state index contributed by atoms with van der Waals surface area (Å²) in [6.45, 7) is 5.06. The number of nitrogens with one attached hydrogen (secondary N) is 1. The lowest BCUT2D eigenvalue weighted by Crippen LogP contribution is -1.92. The van der Waals surface area contributed by atoms with Gasteiger partial charge in [-0.2, -0.15) is 5.10 Å². The van der Waals surface area contributed by atoms with E-state index in [1.807, 2.05) is 23.3 Å². The Balaban J connectivity index is 2.27. The first-order chi connectivity index (χ1) is 8.29. The highest BCUT2D eigenvalue weighted by Crippen LogP contribution is 2.29. The molecule has 1 N–H and O–H groups in total. The van der Waals surface area contributed by atoms with Crippen LogP contribution in [0.25, 0.3) is 22.2 Å². The van der Waals surface area contributed by atoms with E-state index < -0.39 is 0 Å². The minimum Gasteiger partial charge on any atom is -0.346 e. The fourth-order valence-electron chi connectivity index (χ4n) is 2.16. The smallest absolute Gasteiger partial charge is 0.137 e. The third-order valence-corrected chi connectivity index (χ3v) is 3.02. The molecule has 86 valence electrons. The number of rotatable bonds is 2. The fourth-order valence-corrected chi connectivity index (χ4v) is 2.16. The molecule has 0 aromatic carbocycles. The molecule has 0 spiro atoms. The van der Waals surface area contributed by atoms with Gasteiger partial charge in [-0.3, -0.25) is 4.68 Å². The quantitative estimate of drug-likeness (QED) is 0.730. The van der Waals surface area contributed by atoms with Crippen molar-refractivity contribution in [3.05, 3.63) is 36.4 Å². The SMILES string of the molecule is CCn1cc(-c2c(C)cnc3[nH]ccc23)cn1. The van der Waals surface area contributed by atoms with Crippen LogP contribution in [-0.4, -0.2) is 19.7 Å². The lowest BCUT2D eigenvalue weighted by Gasteiger charge is -2.04. The van der Waals surface area contributed by atoms with Crippen LogP contribution in [-0.2, 0) is 6.54 Å². The molecule has 3 heterocycles. The highest BCUT2D eigenvalue weighted by atomic mass is 15.3. The third kappa shape index (κ3) is 1.53. The molecule has 0 aliphatic heterocycles. The van der Waals surface area contributed by atoms with Crippen molar-refractivity contribution in [2.45, 2.75) is 20.4 Å². The Labute approximate surface area is 99.3 Å². The van der Waals surface area contributed by atoms with Gasteiger partial charge >= 0.3 is 0 Å². The fraction of sp³-hybridized carbons (Fsp3) is 0.231. The minimum absolute atomic E-state index is 0.889. The van der Waals surface area contributed by atoms with E-state index in [1.165, 1.54) is 11.1 Å². The lowest BCUT2D eigenvalue weighted by molar-refractivity contribution is 0.660. The number of H-pyrrole nitrogens is 1. The molecule has 4 nitrogen and oxygen atoms in total. The summed E-state index contributed by atoms with van der Waals surface area (Å²) in [4.78, 5) is 7.51. The zero-order valence-corrected chi connectivity index (χ0v) is 9.94. The number of hydrogen-bond acceptors (Lipinski definition) is 2. The van der Waals surface area contributed by atoms with Crippen LogP contribution >= 0.6 is 0 Å². The van der Waals surface area contributed by atoms with E-state index in [-0.39, 0.29) is 0 Å². The predicted octanol–water partition coefficient (Wildman–Crippen LogP) is 2.75. The van der Waals surface area contributed by atoms with E-state index in [9.17, 15) is 0 Å². The Morgan fingerprint density at radius 1 is 1.35 bits per heavy atom. The van der Waals surface area contributed by atoms with Crippen LogP contribution < -0.4 is 0 Å². The molecule has 17 heavy (non-hydrogen) atoms. The van der Waals surface area contributed by atoms with Crippen molar-refractivity contribution in [3.8, 4) is 11.1 Å². The average molecular weight is 226 g/mol. The van der Waals surface area contributed by atoms with Gasteiger partial charge in [-0.1, -0.05) is 0 Å². The van der Waals surface area contributed by atoms with Crippen molar-refractivity contribution >= 4 is 11.0 Å². The zero-order valence-electron chi connectivity index (χ0n) is 9.94. The molecule has 0 unspecified atom stereocenters. The van der Waals surface area contributed by atoms with Crippen LogP contribution in [0, 0.1) is 6.92 Å². The maximum absolute atomic E-state index is 4.37. The second-order valence-electron chi connectivity index (χ2n) is 4.14. The topological polar surface area (TPSA) is 46.5 Å². The Morgan fingerprint density at radius 2 is 2.24 bits per heavy atom. The van der Waals surface area contributed by atoms with Crippen molar-refractivity contribution in [1.29, 1.82) is 0 Å². The molecule has 0 bridgehead atoms. The number of hydrogen-bond donors (Lipinski definition) is 1. The normalized spacial score (nSPS) is 11.2. The van der Waals surface area contributed by atoms with Gasteiger partial charge < -0.3 is 4.98 Å². The molecule has 0 aliphatic rings. The van der Waals surface area contributed by atoms with Gasteiger partial charge in [0.05, 0.1) is 6.20 Å². The molecular weight excluding hydrogens is 212 g/mol. The van der Waals surface area contributed by atoms with Gasteiger partial charge in [0.15, 0.2) is 0 Å². The maximum atomic E-state index is 4.37. The van der Waals surface area contributed by atoms with E-state index >= 15 is 0 Å². The third-order valence-electron chi connectivity index (χ3n) is 3.02. The predicted molar refractivity (Wildman–Crippen MR) is 67.7 cm³/mol. The van der Waals surface area contributed by atoms with Crippen LogP contribution in [0.15, 0.2) is 30.9 Å². The van der Waals surface area contributed by atoms with E-state index in [0.29, 0.717) is 0 Å². The summed E-state index contributed by atoms with van der Waals surface area (Å²) >= 11 is 0. The second-order valence-corrected chi connectivity index (χ2v) is 4.14. The minimum atomic E-state index is 0.889. The number of nitrogens with zero attached hydrogens (tertiary/aromatic N) is 3. The Kier molecular flexibility index (Phi) is 2.21. The first-order valence-electron chi connectivity index (χ1n) is 5.75. The second kappa shape index (κ2) is 3.73. The van der Waals surface area contributed by atoms with E-state index in [0.717, 1.165) is 23.1 Å². The van der Waals surface area contributed by atoms with Crippen molar-refractivity contribution in [2.24, 2.45) is 0 Å². The summed E-state index contributed by atoms with van der Waals surface area (Å²) in [5.74, 6) is 0. The molecule has 0 radical (unpaired) electrons. The monoisotopic (exact) mass is 226 g/mol. The summed E-state index contributed by atoms with van der Waals surface area (Å²) < 4.78 is 1.94.